The van der Waals surface area contributed by atoms with Gasteiger partial charge in [-0.05, 0) is 42.7 Å². The molecule has 80 valence electrons. The van der Waals surface area contributed by atoms with E-state index >= 15 is 0 Å². The number of rotatable bonds is 3. The van der Waals surface area contributed by atoms with Crippen LogP contribution >= 0.6 is 0 Å². The summed E-state index contributed by atoms with van der Waals surface area (Å²) in [6.07, 6.45) is 3.89. The molecule has 0 atom stereocenters. The highest BCUT2D eigenvalue weighted by molar-refractivity contribution is 5.45. The van der Waals surface area contributed by atoms with E-state index in [4.69, 9.17) is 0 Å². The molecule has 3 heteroatoms. The first kappa shape index (κ1) is 10.3. The maximum atomic E-state index is 10.6. The first-order valence-electron chi connectivity index (χ1n) is 5.54. The molecule has 1 saturated heterocycles. The molecule has 0 aliphatic carbocycles. The summed E-state index contributed by atoms with van der Waals surface area (Å²) in [6.45, 7) is 3.16. The molecule has 1 aliphatic rings. The highest BCUT2D eigenvalue weighted by atomic mass is 16.3. The van der Waals surface area contributed by atoms with Gasteiger partial charge in [0.05, 0.1) is 0 Å². The third-order valence-corrected chi connectivity index (χ3v) is 2.93. The van der Waals surface area contributed by atoms with Crippen LogP contribution < -0.4 is 0 Å². The van der Waals surface area contributed by atoms with Crippen molar-refractivity contribution < 1.29 is 0 Å². The van der Waals surface area contributed by atoms with Gasteiger partial charge in [-0.25, -0.2) is 0 Å². The van der Waals surface area contributed by atoms with E-state index in [2.05, 4.69) is 10.1 Å². The molecule has 0 radical (unpaired) electrons. The fourth-order valence-electron chi connectivity index (χ4n) is 2.09. The van der Waals surface area contributed by atoms with Crippen molar-refractivity contribution in [3.63, 3.8) is 0 Å². The number of nitroso groups, excluding NO2 is 1. The second-order valence-electron chi connectivity index (χ2n) is 4.06. The molecular formula is C12H16N2O. The van der Waals surface area contributed by atoms with Gasteiger partial charge in [0, 0.05) is 6.54 Å². The molecule has 0 bridgehead atoms. The van der Waals surface area contributed by atoms with E-state index in [9.17, 15) is 4.91 Å². The van der Waals surface area contributed by atoms with Crippen molar-refractivity contribution >= 4 is 5.69 Å². The maximum Gasteiger partial charge on any atom is 0.112 e. The van der Waals surface area contributed by atoms with Gasteiger partial charge in [-0.1, -0.05) is 24.6 Å². The largest absolute Gasteiger partial charge is 0.299 e. The van der Waals surface area contributed by atoms with Crippen LogP contribution in [0.2, 0.25) is 0 Å². The Labute approximate surface area is 90.1 Å². The molecule has 1 fully saturated rings. The van der Waals surface area contributed by atoms with Crippen molar-refractivity contribution in [2.24, 2.45) is 5.18 Å². The van der Waals surface area contributed by atoms with Crippen LogP contribution in [-0.4, -0.2) is 18.0 Å². The zero-order valence-corrected chi connectivity index (χ0v) is 8.85. The summed E-state index contributed by atoms with van der Waals surface area (Å²) in [6, 6.07) is 7.60. The van der Waals surface area contributed by atoms with E-state index in [1.807, 2.05) is 18.2 Å². The molecule has 3 nitrogen and oxygen atoms in total. The van der Waals surface area contributed by atoms with Gasteiger partial charge >= 0.3 is 0 Å². The Morgan fingerprint density at radius 3 is 2.60 bits per heavy atom. The van der Waals surface area contributed by atoms with E-state index in [1.54, 1.807) is 6.07 Å². The zero-order valence-electron chi connectivity index (χ0n) is 8.85. The van der Waals surface area contributed by atoms with Crippen molar-refractivity contribution in [1.82, 2.24) is 4.90 Å². The first-order valence-corrected chi connectivity index (χ1v) is 5.54. The normalized spacial score (nSPS) is 17.6. The van der Waals surface area contributed by atoms with Gasteiger partial charge < -0.3 is 0 Å². The lowest BCUT2D eigenvalue weighted by atomic mass is 10.1. The number of likely N-dealkylation sites (tertiary alicyclic amines) is 1. The van der Waals surface area contributed by atoms with Gasteiger partial charge in [-0.3, -0.25) is 4.90 Å². The molecule has 1 aromatic carbocycles. The quantitative estimate of drug-likeness (QED) is 0.709. The van der Waals surface area contributed by atoms with E-state index in [0.29, 0.717) is 5.69 Å². The minimum absolute atomic E-state index is 0.586. The molecule has 0 amide bonds. The number of nitrogens with zero attached hydrogens (tertiary/aromatic N) is 2. The molecule has 2 rings (SSSR count). The van der Waals surface area contributed by atoms with Crippen LogP contribution in [0.15, 0.2) is 29.4 Å². The van der Waals surface area contributed by atoms with Gasteiger partial charge in [0.2, 0.25) is 0 Å². The first-order chi connectivity index (χ1) is 7.40. The van der Waals surface area contributed by atoms with Crippen molar-refractivity contribution in [3.05, 3.63) is 34.7 Å². The average Bonchev–Trinajstić information content (AvgIpc) is 2.31. The zero-order chi connectivity index (χ0) is 10.5. The molecular weight excluding hydrogens is 188 g/mol. The Morgan fingerprint density at radius 2 is 1.87 bits per heavy atom. The average molecular weight is 204 g/mol. The standard InChI is InChI=1S/C12H16N2O/c15-13-12-7-3-2-6-11(12)10-14-8-4-1-5-9-14/h2-3,6-7H,1,4-5,8-10H2. The van der Waals surface area contributed by atoms with Gasteiger partial charge in [0.1, 0.15) is 5.69 Å². The van der Waals surface area contributed by atoms with Crippen LogP contribution in [0.3, 0.4) is 0 Å². The Balaban J connectivity index is 2.05. The topological polar surface area (TPSA) is 32.7 Å². The molecule has 0 saturated carbocycles. The predicted octanol–water partition coefficient (Wildman–Crippen LogP) is 3.07. The Morgan fingerprint density at radius 1 is 1.13 bits per heavy atom. The smallest absolute Gasteiger partial charge is 0.112 e. The second-order valence-corrected chi connectivity index (χ2v) is 4.06. The summed E-state index contributed by atoms with van der Waals surface area (Å²) in [5.74, 6) is 0. The van der Waals surface area contributed by atoms with Crippen molar-refractivity contribution in [1.29, 1.82) is 0 Å². The van der Waals surface area contributed by atoms with Crippen LogP contribution in [-0.2, 0) is 6.54 Å². The van der Waals surface area contributed by atoms with Gasteiger partial charge in [0.15, 0.2) is 0 Å². The molecule has 0 unspecified atom stereocenters. The summed E-state index contributed by atoms with van der Waals surface area (Å²) >= 11 is 0. The highest BCUT2D eigenvalue weighted by Crippen LogP contribution is 2.21. The minimum atomic E-state index is 0.586. The van der Waals surface area contributed by atoms with Crippen molar-refractivity contribution in [3.8, 4) is 0 Å². The van der Waals surface area contributed by atoms with Gasteiger partial charge in [-0.2, -0.15) is 0 Å². The maximum absolute atomic E-state index is 10.6. The Hall–Kier alpha value is -1.22. The molecule has 1 heterocycles. The third kappa shape index (κ3) is 2.63. The Bertz CT molecular complexity index is 332. The Kier molecular flexibility index (Phi) is 3.45. The number of hydrogen-bond acceptors (Lipinski definition) is 3. The number of benzene rings is 1. The third-order valence-electron chi connectivity index (χ3n) is 2.93. The lowest BCUT2D eigenvalue weighted by Gasteiger charge is -2.26. The summed E-state index contributed by atoms with van der Waals surface area (Å²) in [5, 5.41) is 3.06. The van der Waals surface area contributed by atoms with E-state index < -0.39 is 0 Å². The van der Waals surface area contributed by atoms with Crippen LogP contribution in [0.1, 0.15) is 24.8 Å². The van der Waals surface area contributed by atoms with E-state index in [1.165, 1.54) is 19.3 Å². The van der Waals surface area contributed by atoms with Gasteiger partial charge in [0.25, 0.3) is 0 Å². The molecule has 0 spiro atoms. The van der Waals surface area contributed by atoms with Gasteiger partial charge in [-0.15, -0.1) is 4.91 Å². The molecule has 0 N–H and O–H groups in total. The SMILES string of the molecule is O=Nc1ccccc1CN1CCCCC1. The summed E-state index contributed by atoms with van der Waals surface area (Å²) in [4.78, 5) is 13.0. The summed E-state index contributed by atoms with van der Waals surface area (Å²) in [5.41, 5.74) is 1.64. The summed E-state index contributed by atoms with van der Waals surface area (Å²) in [7, 11) is 0. The highest BCUT2D eigenvalue weighted by Gasteiger charge is 2.12. The van der Waals surface area contributed by atoms with E-state index in [-0.39, 0.29) is 0 Å². The van der Waals surface area contributed by atoms with Crippen molar-refractivity contribution in [2.45, 2.75) is 25.8 Å². The number of piperidine rings is 1. The molecule has 1 aliphatic heterocycles. The van der Waals surface area contributed by atoms with Crippen LogP contribution in [0, 0.1) is 4.91 Å². The molecule has 0 aromatic heterocycles. The van der Waals surface area contributed by atoms with Crippen LogP contribution in [0.25, 0.3) is 0 Å². The van der Waals surface area contributed by atoms with E-state index in [0.717, 1.165) is 25.2 Å². The number of hydrogen-bond donors (Lipinski definition) is 0. The molecule has 15 heavy (non-hydrogen) atoms. The monoisotopic (exact) mass is 204 g/mol. The lowest BCUT2D eigenvalue weighted by Crippen LogP contribution is -2.29. The fraction of sp³-hybridized carbons (Fsp3) is 0.500. The minimum Gasteiger partial charge on any atom is -0.299 e. The second kappa shape index (κ2) is 5.03. The van der Waals surface area contributed by atoms with Crippen LogP contribution in [0.5, 0.6) is 0 Å². The predicted molar refractivity (Wildman–Crippen MR) is 61.0 cm³/mol. The van der Waals surface area contributed by atoms with Crippen LogP contribution in [0.4, 0.5) is 5.69 Å². The lowest BCUT2D eigenvalue weighted by molar-refractivity contribution is 0.221. The van der Waals surface area contributed by atoms with Crippen molar-refractivity contribution in [2.75, 3.05) is 13.1 Å². The fourth-order valence-corrected chi connectivity index (χ4v) is 2.09. The summed E-state index contributed by atoms with van der Waals surface area (Å²) < 4.78 is 0. The molecule has 1 aromatic rings.